The highest BCUT2D eigenvalue weighted by Gasteiger charge is 2.51. The Morgan fingerprint density at radius 2 is 1.85 bits per heavy atom. The lowest BCUT2D eigenvalue weighted by Crippen LogP contribution is -2.32. The van der Waals surface area contributed by atoms with E-state index in [9.17, 15) is 22.4 Å². The molecule has 1 atom stereocenters. The van der Waals surface area contributed by atoms with Crippen LogP contribution in [0.3, 0.4) is 0 Å². The minimum Gasteiger partial charge on any atom is -0.484 e. The van der Waals surface area contributed by atoms with Crippen molar-refractivity contribution in [3.8, 4) is 5.75 Å². The number of nitrogens with one attached hydrogen (secondary N) is 1. The van der Waals surface area contributed by atoms with E-state index in [2.05, 4.69) is 10.1 Å². The predicted molar refractivity (Wildman–Crippen MR) is 84.8 cm³/mol. The van der Waals surface area contributed by atoms with Crippen LogP contribution in [0, 0.1) is 0 Å². The van der Waals surface area contributed by atoms with Crippen LogP contribution in [0.1, 0.15) is 16.7 Å². The first-order chi connectivity index (χ1) is 12.1. The molecule has 1 unspecified atom stereocenters. The molecule has 0 aromatic heterocycles. The minimum atomic E-state index is -4.65. The molecule has 9 heteroatoms. The van der Waals surface area contributed by atoms with Gasteiger partial charge in [0.25, 0.3) is 5.91 Å². The number of halogens is 6. The van der Waals surface area contributed by atoms with E-state index in [0.717, 1.165) is 12.1 Å². The Labute approximate surface area is 149 Å². The number of benzene rings is 2. The highest BCUT2D eigenvalue weighted by Crippen LogP contribution is 2.48. The summed E-state index contributed by atoms with van der Waals surface area (Å²) < 4.78 is 70.7. The molecular weight excluding hydrogens is 381 g/mol. The minimum absolute atomic E-state index is 0.0120. The lowest BCUT2D eigenvalue weighted by atomic mass is 9.88. The quantitative estimate of drug-likeness (QED) is 0.752. The smallest absolute Gasteiger partial charge is 0.422 e. The zero-order chi connectivity index (χ0) is 19.1. The van der Waals surface area contributed by atoms with Crippen LogP contribution < -0.4 is 10.1 Å². The fourth-order valence-corrected chi connectivity index (χ4v) is 2.91. The first-order valence-electron chi connectivity index (χ1n) is 7.34. The standard InChI is InChI=1S/C17H11ClF5NO2/c18-10-2-4-14(26-8-16(20,21)22)12(6-10)17(23)11-3-1-9(7-19)5-13(11)24-15(17)25/h1-6H,7-8H2,(H,24,25). The van der Waals surface area contributed by atoms with Gasteiger partial charge >= 0.3 is 6.18 Å². The van der Waals surface area contributed by atoms with Gasteiger partial charge < -0.3 is 10.1 Å². The van der Waals surface area contributed by atoms with Gasteiger partial charge in [0.15, 0.2) is 6.61 Å². The zero-order valence-corrected chi connectivity index (χ0v) is 13.7. The molecule has 3 rings (SSSR count). The first kappa shape index (κ1) is 18.4. The number of fused-ring (bicyclic) bond motifs is 1. The molecule has 2 aromatic rings. The lowest BCUT2D eigenvalue weighted by Gasteiger charge is -2.22. The van der Waals surface area contributed by atoms with Gasteiger partial charge in [-0.25, -0.2) is 8.78 Å². The third-order valence-electron chi connectivity index (χ3n) is 3.87. The third-order valence-corrected chi connectivity index (χ3v) is 4.11. The molecule has 138 valence electrons. The maximum absolute atomic E-state index is 15.8. The van der Waals surface area contributed by atoms with E-state index in [4.69, 9.17) is 11.6 Å². The van der Waals surface area contributed by atoms with E-state index in [0.29, 0.717) is 0 Å². The fraction of sp³-hybridized carbons (Fsp3) is 0.235. The van der Waals surface area contributed by atoms with Gasteiger partial charge in [-0.2, -0.15) is 13.2 Å². The van der Waals surface area contributed by atoms with Crippen LogP contribution in [-0.4, -0.2) is 18.7 Å². The summed E-state index contributed by atoms with van der Waals surface area (Å²) in [4.78, 5) is 12.3. The SMILES string of the molecule is O=C1Nc2cc(CF)ccc2C1(F)c1cc(Cl)ccc1OCC(F)(F)F. The molecule has 2 aromatic carbocycles. The second kappa shape index (κ2) is 6.42. The summed E-state index contributed by atoms with van der Waals surface area (Å²) in [5.74, 6) is -1.59. The van der Waals surface area contributed by atoms with E-state index < -0.39 is 42.3 Å². The number of carbonyl (C=O) groups excluding carboxylic acids is 1. The summed E-state index contributed by atoms with van der Waals surface area (Å²) in [7, 11) is 0. The van der Waals surface area contributed by atoms with Crippen molar-refractivity contribution in [3.05, 3.63) is 58.1 Å². The molecule has 26 heavy (non-hydrogen) atoms. The Morgan fingerprint density at radius 1 is 1.12 bits per heavy atom. The second-order valence-electron chi connectivity index (χ2n) is 5.67. The van der Waals surface area contributed by atoms with Crippen LogP contribution in [0.5, 0.6) is 5.75 Å². The Hall–Kier alpha value is -2.35. The van der Waals surface area contributed by atoms with Crippen LogP contribution in [-0.2, 0) is 17.1 Å². The highest BCUT2D eigenvalue weighted by molar-refractivity contribution is 6.30. The number of hydrogen-bond donors (Lipinski definition) is 1. The fourth-order valence-electron chi connectivity index (χ4n) is 2.73. The topological polar surface area (TPSA) is 38.3 Å². The van der Waals surface area contributed by atoms with E-state index in [1.807, 2.05) is 0 Å². The number of amides is 1. The number of carbonyl (C=O) groups is 1. The number of anilines is 1. The Balaban J connectivity index is 2.11. The van der Waals surface area contributed by atoms with Gasteiger partial charge in [-0.15, -0.1) is 0 Å². The van der Waals surface area contributed by atoms with Crippen molar-refractivity contribution in [2.45, 2.75) is 18.5 Å². The van der Waals surface area contributed by atoms with Gasteiger partial charge in [0.05, 0.1) is 0 Å². The van der Waals surface area contributed by atoms with Crippen molar-refractivity contribution in [1.82, 2.24) is 0 Å². The Morgan fingerprint density at radius 3 is 2.50 bits per heavy atom. The molecule has 1 aliphatic rings. The third kappa shape index (κ3) is 3.21. The van der Waals surface area contributed by atoms with Gasteiger partial charge in [-0.05, 0) is 29.8 Å². The molecule has 0 saturated heterocycles. The maximum atomic E-state index is 15.8. The normalized spacial score (nSPS) is 19.2. The zero-order valence-electron chi connectivity index (χ0n) is 13.0. The molecule has 1 heterocycles. The summed E-state index contributed by atoms with van der Waals surface area (Å²) >= 11 is 5.84. The summed E-state index contributed by atoms with van der Waals surface area (Å²) in [5, 5.41) is 2.29. The van der Waals surface area contributed by atoms with E-state index >= 15 is 4.39 Å². The van der Waals surface area contributed by atoms with Crippen LogP contribution in [0.2, 0.25) is 5.02 Å². The summed E-state index contributed by atoms with van der Waals surface area (Å²) in [5.41, 5.74) is -3.18. The van der Waals surface area contributed by atoms with E-state index in [-0.39, 0.29) is 21.8 Å². The predicted octanol–water partition coefficient (Wildman–Crippen LogP) is 4.92. The van der Waals surface area contributed by atoms with Crippen molar-refractivity contribution < 1.29 is 31.5 Å². The van der Waals surface area contributed by atoms with Gasteiger partial charge in [0, 0.05) is 21.8 Å². The molecule has 0 radical (unpaired) electrons. The van der Waals surface area contributed by atoms with Crippen molar-refractivity contribution in [1.29, 1.82) is 0 Å². The largest absolute Gasteiger partial charge is 0.484 e. The van der Waals surface area contributed by atoms with Gasteiger partial charge in [-0.3, -0.25) is 4.79 Å². The lowest BCUT2D eigenvalue weighted by molar-refractivity contribution is -0.153. The molecule has 1 aliphatic heterocycles. The van der Waals surface area contributed by atoms with Crippen LogP contribution >= 0.6 is 11.6 Å². The molecular formula is C17H11ClF5NO2. The summed E-state index contributed by atoms with van der Waals surface area (Å²) in [6.45, 7) is -2.48. The average molecular weight is 392 g/mol. The summed E-state index contributed by atoms with van der Waals surface area (Å²) in [6.07, 6.45) is -4.65. The van der Waals surface area contributed by atoms with Crippen molar-refractivity contribution in [3.63, 3.8) is 0 Å². The average Bonchev–Trinajstić information content (AvgIpc) is 2.84. The number of hydrogen-bond acceptors (Lipinski definition) is 2. The number of ether oxygens (including phenoxy) is 1. The molecule has 0 aliphatic carbocycles. The number of rotatable bonds is 4. The van der Waals surface area contributed by atoms with Gasteiger partial charge in [0.2, 0.25) is 5.67 Å². The van der Waals surface area contributed by atoms with Crippen molar-refractivity contribution >= 4 is 23.2 Å². The number of alkyl halides is 5. The summed E-state index contributed by atoms with van der Waals surface area (Å²) in [6, 6.07) is 7.07. The van der Waals surface area contributed by atoms with Crippen LogP contribution in [0.25, 0.3) is 0 Å². The molecule has 1 N–H and O–H groups in total. The molecule has 1 amide bonds. The maximum Gasteiger partial charge on any atom is 0.422 e. The second-order valence-corrected chi connectivity index (χ2v) is 6.11. The van der Waals surface area contributed by atoms with E-state index in [1.165, 1.54) is 24.3 Å². The van der Waals surface area contributed by atoms with Crippen molar-refractivity contribution in [2.75, 3.05) is 11.9 Å². The first-order valence-corrected chi connectivity index (χ1v) is 7.72. The van der Waals surface area contributed by atoms with Crippen LogP contribution in [0.4, 0.5) is 27.6 Å². The highest BCUT2D eigenvalue weighted by atomic mass is 35.5. The Kier molecular flexibility index (Phi) is 4.56. The van der Waals surface area contributed by atoms with Gasteiger partial charge in [0.1, 0.15) is 12.4 Å². The van der Waals surface area contributed by atoms with Crippen molar-refractivity contribution in [2.24, 2.45) is 0 Å². The molecule has 0 saturated carbocycles. The molecule has 0 spiro atoms. The van der Waals surface area contributed by atoms with Gasteiger partial charge in [-0.1, -0.05) is 23.7 Å². The van der Waals surface area contributed by atoms with Crippen LogP contribution in [0.15, 0.2) is 36.4 Å². The molecule has 0 bridgehead atoms. The molecule has 0 fully saturated rings. The molecule has 3 nitrogen and oxygen atoms in total. The monoisotopic (exact) mass is 391 g/mol. The Bertz CT molecular complexity index is 871. The van der Waals surface area contributed by atoms with E-state index in [1.54, 1.807) is 0 Å².